The molecule has 3 aromatic rings. The highest BCUT2D eigenvalue weighted by Crippen LogP contribution is 2.39. The summed E-state index contributed by atoms with van der Waals surface area (Å²) >= 11 is 0. The van der Waals surface area contributed by atoms with Crippen LogP contribution in [0.3, 0.4) is 0 Å². The van der Waals surface area contributed by atoms with Crippen LogP contribution in [0.1, 0.15) is 49.2 Å². The number of rotatable bonds is 6. The van der Waals surface area contributed by atoms with Crippen molar-refractivity contribution in [3.63, 3.8) is 0 Å². The number of carbonyl (C=O) groups excluding carboxylic acids is 2. The number of nitrogens with one attached hydrogen (secondary N) is 1. The summed E-state index contributed by atoms with van der Waals surface area (Å²) in [5, 5.41) is 2.80. The van der Waals surface area contributed by atoms with E-state index in [1.807, 2.05) is 62.1 Å². The molecule has 182 valence electrons. The largest absolute Gasteiger partial charge is 0.484 e. The normalized spacial score (nSPS) is 15.3. The first kappa shape index (κ1) is 24.4. The fourth-order valence-corrected chi connectivity index (χ4v) is 4.23. The van der Waals surface area contributed by atoms with E-state index in [9.17, 15) is 14.0 Å². The molecule has 1 aliphatic rings. The van der Waals surface area contributed by atoms with E-state index in [0.717, 1.165) is 22.4 Å². The van der Waals surface area contributed by atoms with Crippen molar-refractivity contribution in [2.75, 3.05) is 13.2 Å². The molecule has 1 aliphatic heterocycles. The standard InChI is InChI=1S/C28H30FN3O3/c1-28(2,3)27(34)32-15-13-19-9-12-23(16-24(19)26(32)20-7-10-21(29)11-8-20)35-18-25(33)31-17-22-6-4-5-14-30-22/h4-12,14,16,26H,13,15,17-18H2,1-3H3,(H,31,33). The minimum absolute atomic E-state index is 0.0256. The lowest BCUT2D eigenvalue weighted by atomic mass is 9.85. The van der Waals surface area contributed by atoms with E-state index >= 15 is 0 Å². The zero-order valence-electron chi connectivity index (χ0n) is 20.3. The summed E-state index contributed by atoms with van der Waals surface area (Å²) in [4.78, 5) is 31.7. The third kappa shape index (κ3) is 5.85. The average molecular weight is 476 g/mol. The second kappa shape index (κ2) is 10.3. The van der Waals surface area contributed by atoms with Crippen molar-refractivity contribution < 1.29 is 18.7 Å². The van der Waals surface area contributed by atoms with Crippen LogP contribution in [-0.4, -0.2) is 34.8 Å². The third-order valence-corrected chi connectivity index (χ3v) is 6.00. The Morgan fingerprint density at radius 2 is 1.89 bits per heavy atom. The number of amides is 2. The summed E-state index contributed by atoms with van der Waals surface area (Å²) in [5.41, 5.74) is 3.06. The van der Waals surface area contributed by atoms with Gasteiger partial charge in [-0.1, -0.05) is 45.0 Å². The van der Waals surface area contributed by atoms with E-state index in [2.05, 4.69) is 10.3 Å². The first-order valence-corrected chi connectivity index (χ1v) is 11.7. The number of pyridine rings is 1. The van der Waals surface area contributed by atoms with Crippen LogP contribution in [0, 0.1) is 11.2 Å². The zero-order chi connectivity index (χ0) is 25.0. The summed E-state index contributed by atoms with van der Waals surface area (Å²) in [7, 11) is 0. The lowest BCUT2D eigenvalue weighted by Gasteiger charge is -2.41. The van der Waals surface area contributed by atoms with Gasteiger partial charge >= 0.3 is 0 Å². The highest BCUT2D eigenvalue weighted by atomic mass is 19.1. The van der Waals surface area contributed by atoms with Crippen LogP contribution >= 0.6 is 0 Å². The third-order valence-electron chi connectivity index (χ3n) is 6.00. The van der Waals surface area contributed by atoms with Gasteiger partial charge in [0, 0.05) is 18.2 Å². The Bertz CT molecular complexity index is 1190. The van der Waals surface area contributed by atoms with Gasteiger partial charge in [-0.05, 0) is 59.5 Å². The molecular formula is C28H30FN3O3. The van der Waals surface area contributed by atoms with Crippen LogP contribution in [0.4, 0.5) is 4.39 Å². The minimum atomic E-state index is -0.560. The van der Waals surface area contributed by atoms with Gasteiger partial charge in [-0.25, -0.2) is 4.39 Å². The Labute approximate surface area is 205 Å². The second-order valence-corrected chi connectivity index (χ2v) is 9.70. The van der Waals surface area contributed by atoms with Crippen molar-refractivity contribution in [1.29, 1.82) is 0 Å². The lowest BCUT2D eigenvalue weighted by molar-refractivity contribution is -0.141. The Morgan fingerprint density at radius 1 is 1.11 bits per heavy atom. The van der Waals surface area contributed by atoms with E-state index in [0.29, 0.717) is 25.3 Å². The molecule has 7 heteroatoms. The van der Waals surface area contributed by atoms with E-state index in [1.165, 1.54) is 12.1 Å². The highest BCUT2D eigenvalue weighted by molar-refractivity contribution is 5.83. The summed E-state index contributed by atoms with van der Waals surface area (Å²) in [6.45, 7) is 6.45. The fraction of sp³-hybridized carbons (Fsp3) is 0.321. The molecule has 35 heavy (non-hydrogen) atoms. The van der Waals surface area contributed by atoms with Crippen LogP contribution in [0.2, 0.25) is 0 Å². The Balaban J connectivity index is 1.55. The van der Waals surface area contributed by atoms with Gasteiger partial charge in [0.05, 0.1) is 18.3 Å². The number of benzene rings is 2. The predicted octanol–water partition coefficient (Wildman–Crippen LogP) is 4.44. The number of aromatic nitrogens is 1. The van der Waals surface area contributed by atoms with Gasteiger partial charge in [-0.3, -0.25) is 14.6 Å². The molecule has 0 bridgehead atoms. The molecular weight excluding hydrogens is 445 g/mol. The molecule has 0 saturated carbocycles. The lowest BCUT2D eigenvalue weighted by Crippen LogP contribution is -2.45. The number of carbonyl (C=O) groups is 2. The number of nitrogens with zero attached hydrogens (tertiary/aromatic N) is 2. The maximum atomic E-state index is 13.7. The van der Waals surface area contributed by atoms with Crippen LogP contribution in [0.15, 0.2) is 66.9 Å². The van der Waals surface area contributed by atoms with Crippen molar-refractivity contribution >= 4 is 11.8 Å². The van der Waals surface area contributed by atoms with Crippen LogP contribution in [0.25, 0.3) is 0 Å². The summed E-state index contributed by atoms with van der Waals surface area (Å²) < 4.78 is 19.5. The summed E-state index contributed by atoms with van der Waals surface area (Å²) in [5.74, 6) is -0.0214. The number of fused-ring (bicyclic) bond motifs is 1. The van der Waals surface area contributed by atoms with Crippen molar-refractivity contribution in [2.24, 2.45) is 5.41 Å². The summed E-state index contributed by atoms with van der Waals surface area (Å²) in [6, 6.07) is 17.1. The van der Waals surface area contributed by atoms with Crippen molar-refractivity contribution in [3.8, 4) is 5.75 Å². The van der Waals surface area contributed by atoms with Crippen LogP contribution in [-0.2, 0) is 22.6 Å². The average Bonchev–Trinajstić information content (AvgIpc) is 2.85. The number of halogens is 1. The molecule has 0 aliphatic carbocycles. The van der Waals surface area contributed by atoms with Gasteiger partial charge in [0.25, 0.3) is 5.91 Å². The molecule has 0 fully saturated rings. The first-order valence-electron chi connectivity index (χ1n) is 11.7. The van der Waals surface area contributed by atoms with Gasteiger partial charge in [0.1, 0.15) is 11.6 Å². The van der Waals surface area contributed by atoms with Crippen molar-refractivity contribution in [1.82, 2.24) is 15.2 Å². The van der Waals surface area contributed by atoms with Gasteiger partial charge in [-0.15, -0.1) is 0 Å². The molecule has 1 N–H and O–H groups in total. The maximum absolute atomic E-state index is 13.7. The molecule has 2 amide bonds. The predicted molar refractivity (Wildman–Crippen MR) is 131 cm³/mol. The first-order chi connectivity index (χ1) is 16.7. The van der Waals surface area contributed by atoms with Crippen LogP contribution < -0.4 is 10.1 Å². The monoisotopic (exact) mass is 475 g/mol. The molecule has 1 unspecified atom stereocenters. The van der Waals surface area contributed by atoms with E-state index < -0.39 is 5.41 Å². The SMILES string of the molecule is CC(C)(C)C(=O)N1CCc2ccc(OCC(=O)NCc3ccccn3)cc2C1c1ccc(F)cc1. The molecule has 1 atom stereocenters. The Morgan fingerprint density at radius 3 is 2.57 bits per heavy atom. The fourth-order valence-electron chi connectivity index (χ4n) is 4.23. The molecule has 2 aromatic carbocycles. The Kier molecular flexibility index (Phi) is 7.15. The molecule has 1 aromatic heterocycles. The van der Waals surface area contributed by atoms with Crippen LogP contribution in [0.5, 0.6) is 5.75 Å². The molecule has 0 saturated heterocycles. The zero-order valence-corrected chi connectivity index (χ0v) is 20.3. The minimum Gasteiger partial charge on any atom is -0.484 e. The van der Waals surface area contributed by atoms with Gasteiger partial charge < -0.3 is 15.0 Å². The molecule has 0 radical (unpaired) electrons. The highest BCUT2D eigenvalue weighted by Gasteiger charge is 2.37. The quantitative estimate of drug-likeness (QED) is 0.572. The topological polar surface area (TPSA) is 71.5 Å². The molecule has 6 nitrogen and oxygen atoms in total. The molecule has 2 heterocycles. The van der Waals surface area contributed by atoms with Gasteiger partial charge in [-0.2, -0.15) is 0 Å². The number of hydrogen-bond donors (Lipinski definition) is 1. The molecule has 4 rings (SSSR count). The second-order valence-electron chi connectivity index (χ2n) is 9.70. The Hall–Kier alpha value is -3.74. The van der Waals surface area contributed by atoms with Crippen molar-refractivity contribution in [2.45, 2.75) is 39.8 Å². The summed E-state index contributed by atoms with van der Waals surface area (Å²) in [6.07, 6.45) is 2.38. The number of hydrogen-bond acceptors (Lipinski definition) is 4. The van der Waals surface area contributed by atoms with E-state index in [-0.39, 0.29) is 30.3 Å². The van der Waals surface area contributed by atoms with Gasteiger partial charge in [0.2, 0.25) is 5.91 Å². The smallest absolute Gasteiger partial charge is 0.258 e. The van der Waals surface area contributed by atoms with E-state index in [4.69, 9.17) is 4.74 Å². The molecule has 0 spiro atoms. The number of ether oxygens (including phenoxy) is 1. The van der Waals surface area contributed by atoms with Gasteiger partial charge in [0.15, 0.2) is 6.61 Å². The van der Waals surface area contributed by atoms with Crippen molar-refractivity contribution in [3.05, 3.63) is 95.1 Å². The van der Waals surface area contributed by atoms with E-state index in [1.54, 1.807) is 18.3 Å². The maximum Gasteiger partial charge on any atom is 0.258 e.